The van der Waals surface area contributed by atoms with E-state index in [1.165, 1.54) is 24.8 Å². The lowest BCUT2D eigenvalue weighted by molar-refractivity contribution is 0.0540. The molecule has 0 bridgehead atoms. The number of rotatable bonds is 6. The highest BCUT2D eigenvalue weighted by Crippen LogP contribution is 2.38. The number of halogens is 2. The number of nitrogens with one attached hydrogen (secondary N) is 1. The van der Waals surface area contributed by atoms with E-state index in [9.17, 15) is 9.59 Å². The van der Waals surface area contributed by atoms with Crippen LogP contribution in [0.25, 0.3) is 21.2 Å². The quantitative estimate of drug-likeness (QED) is 0.225. The number of ether oxygens (including phenoxy) is 2. The standard InChI is InChI=1S/C29H27Cl2NO2S.C6H13NO2/c1-34-25-16-13-20(19-11-14-22(30)15-12-19)17-21(25)18-32(23-7-3-2-4-8-23)29(33)28-27(31)24-9-5-6-10-26(24)35-28;1-6(2,3)9-5(8)7-4/h5-6,9-17,23H,2-4,7-8,18H2,1H3;1-4H3,(H,7,8). The van der Waals surface area contributed by atoms with Crippen molar-refractivity contribution in [1.82, 2.24) is 10.2 Å². The van der Waals surface area contributed by atoms with Crippen LogP contribution in [0.5, 0.6) is 5.75 Å². The average molecular weight is 656 g/mol. The number of benzene rings is 3. The number of methoxy groups -OCH3 is 1. The Morgan fingerprint density at radius 1 is 0.955 bits per heavy atom. The molecule has 0 aliphatic heterocycles. The Morgan fingerprint density at radius 2 is 1.61 bits per heavy atom. The number of carbonyl (C=O) groups is 2. The van der Waals surface area contributed by atoms with Crippen molar-refractivity contribution in [2.45, 2.75) is 71.1 Å². The Morgan fingerprint density at radius 3 is 2.20 bits per heavy atom. The zero-order chi connectivity index (χ0) is 31.9. The summed E-state index contributed by atoms with van der Waals surface area (Å²) in [6.07, 6.45) is 5.12. The zero-order valence-corrected chi connectivity index (χ0v) is 28.2. The van der Waals surface area contributed by atoms with E-state index in [-0.39, 0.29) is 23.6 Å². The fourth-order valence-electron chi connectivity index (χ4n) is 5.28. The fourth-order valence-corrected chi connectivity index (χ4v) is 6.87. The molecule has 0 saturated heterocycles. The molecule has 1 aromatic heterocycles. The molecule has 1 aliphatic rings. The Labute approximate surface area is 274 Å². The normalized spacial score (nSPS) is 13.5. The first-order valence-electron chi connectivity index (χ1n) is 14.8. The summed E-state index contributed by atoms with van der Waals surface area (Å²) in [5.41, 5.74) is 2.73. The molecule has 4 aromatic rings. The van der Waals surface area contributed by atoms with Gasteiger partial charge in [0.25, 0.3) is 5.91 Å². The van der Waals surface area contributed by atoms with Gasteiger partial charge in [-0.05, 0) is 75.1 Å². The van der Waals surface area contributed by atoms with E-state index in [0.717, 1.165) is 58.2 Å². The summed E-state index contributed by atoms with van der Waals surface area (Å²) < 4.78 is 11.6. The topological polar surface area (TPSA) is 67.9 Å². The number of alkyl carbamates (subject to hydrolysis) is 1. The van der Waals surface area contributed by atoms with Crippen LogP contribution < -0.4 is 10.1 Å². The molecule has 0 spiro atoms. The van der Waals surface area contributed by atoms with E-state index in [0.29, 0.717) is 21.5 Å². The molecule has 2 amide bonds. The second kappa shape index (κ2) is 15.2. The third kappa shape index (κ3) is 8.68. The van der Waals surface area contributed by atoms with Gasteiger partial charge in [-0.2, -0.15) is 0 Å². The van der Waals surface area contributed by atoms with Crippen molar-refractivity contribution >= 4 is 56.6 Å². The lowest BCUT2D eigenvalue weighted by Gasteiger charge is -2.34. The summed E-state index contributed by atoms with van der Waals surface area (Å²) in [6, 6.07) is 22.1. The van der Waals surface area contributed by atoms with E-state index in [1.54, 1.807) is 7.11 Å². The fraction of sp³-hybridized carbons (Fsp3) is 0.371. The highest BCUT2D eigenvalue weighted by atomic mass is 35.5. The van der Waals surface area contributed by atoms with Crippen LogP contribution in [-0.2, 0) is 11.3 Å². The zero-order valence-electron chi connectivity index (χ0n) is 25.9. The molecule has 1 N–H and O–H groups in total. The first-order valence-corrected chi connectivity index (χ1v) is 16.4. The summed E-state index contributed by atoms with van der Waals surface area (Å²) >= 11 is 14.3. The molecule has 0 atom stereocenters. The van der Waals surface area contributed by atoms with Crippen molar-refractivity contribution in [3.8, 4) is 16.9 Å². The van der Waals surface area contributed by atoms with E-state index < -0.39 is 0 Å². The predicted molar refractivity (Wildman–Crippen MR) is 182 cm³/mol. The first-order chi connectivity index (χ1) is 21.0. The summed E-state index contributed by atoms with van der Waals surface area (Å²) in [4.78, 5) is 27.2. The number of fused-ring (bicyclic) bond motifs is 1. The SMILES string of the molecule is CNC(=O)OC(C)(C)C.COc1ccc(-c2ccc(Cl)cc2)cc1CN(C(=O)c1sc2ccccc2c1Cl)C1CCCCC1. The minimum absolute atomic E-state index is 0.00190. The van der Waals surface area contributed by atoms with E-state index in [2.05, 4.69) is 11.4 Å². The maximum atomic E-state index is 14.0. The molecule has 1 heterocycles. The Kier molecular flexibility index (Phi) is 11.6. The lowest BCUT2D eigenvalue weighted by atomic mass is 9.93. The smallest absolute Gasteiger partial charge is 0.407 e. The van der Waals surface area contributed by atoms with Crippen molar-refractivity contribution in [1.29, 1.82) is 0 Å². The van der Waals surface area contributed by atoms with Gasteiger partial charge in [0.1, 0.15) is 16.2 Å². The molecule has 0 unspecified atom stereocenters. The second-order valence-electron chi connectivity index (χ2n) is 11.8. The molecular formula is C35H40Cl2N2O4S. The van der Waals surface area contributed by atoms with E-state index in [1.807, 2.05) is 86.3 Å². The summed E-state index contributed by atoms with van der Waals surface area (Å²) in [5.74, 6) is 0.779. The predicted octanol–water partition coefficient (Wildman–Crippen LogP) is 10.00. The molecule has 0 radical (unpaired) electrons. The number of carbonyl (C=O) groups excluding carboxylic acids is 2. The van der Waals surface area contributed by atoms with Crippen molar-refractivity contribution in [2.75, 3.05) is 14.2 Å². The van der Waals surface area contributed by atoms with Crippen LogP contribution >= 0.6 is 34.5 Å². The van der Waals surface area contributed by atoms with Crippen molar-refractivity contribution < 1.29 is 19.1 Å². The minimum atomic E-state index is -0.389. The van der Waals surface area contributed by atoms with Crippen LogP contribution in [0.4, 0.5) is 4.79 Å². The van der Waals surface area contributed by atoms with Crippen LogP contribution in [0.1, 0.15) is 68.1 Å². The number of hydrogen-bond acceptors (Lipinski definition) is 5. The molecule has 1 aliphatic carbocycles. The molecule has 3 aromatic carbocycles. The maximum Gasteiger partial charge on any atom is 0.407 e. The van der Waals surface area contributed by atoms with Gasteiger partial charge in [0.2, 0.25) is 0 Å². The second-order valence-corrected chi connectivity index (χ2v) is 13.6. The van der Waals surface area contributed by atoms with Crippen LogP contribution in [-0.4, -0.2) is 42.7 Å². The van der Waals surface area contributed by atoms with E-state index in [4.69, 9.17) is 32.7 Å². The van der Waals surface area contributed by atoms with Crippen molar-refractivity contribution in [3.63, 3.8) is 0 Å². The third-order valence-electron chi connectivity index (χ3n) is 7.41. The number of hydrogen-bond donors (Lipinski definition) is 1. The molecule has 234 valence electrons. The van der Waals surface area contributed by atoms with E-state index >= 15 is 0 Å². The van der Waals surface area contributed by atoms with Gasteiger partial charge in [-0.15, -0.1) is 11.3 Å². The molecule has 1 saturated carbocycles. The van der Waals surface area contributed by atoms with Gasteiger partial charge in [0.15, 0.2) is 0 Å². The summed E-state index contributed by atoms with van der Waals surface area (Å²) in [7, 11) is 3.21. The monoisotopic (exact) mass is 654 g/mol. The van der Waals surface area contributed by atoms with Gasteiger partial charge in [-0.25, -0.2) is 4.79 Å². The van der Waals surface area contributed by atoms with Gasteiger partial charge >= 0.3 is 6.09 Å². The third-order valence-corrected chi connectivity index (χ3v) is 9.32. The van der Waals surface area contributed by atoms with Gasteiger partial charge in [0, 0.05) is 40.3 Å². The lowest BCUT2D eigenvalue weighted by Crippen LogP contribution is -2.40. The molecule has 1 fully saturated rings. The van der Waals surface area contributed by atoms with Gasteiger partial charge in [-0.1, -0.05) is 78.9 Å². The van der Waals surface area contributed by atoms with Crippen LogP contribution in [0.2, 0.25) is 10.0 Å². The molecule has 6 nitrogen and oxygen atoms in total. The highest BCUT2D eigenvalue weighted by Gasteiger charge is 2.30. The molecule has 9 heteroatoms. The minimum Gasteiger partial charge on any atom is -0.496 e. The number of amides is 2. The molecule has 44 heavy (non-hydrogen) atoms. The Bertz CT molecular complexity index is 1570. The van der Waals surface area contributed by atoms with Crippen LogP contribution in [0.15, 0.2) is 66.7 Å². The number of nitrogens with zero attached hydrogens (tertiary/aromatic N) is 1. The van der Waals surface area contributed by atoms with Gasteiger partial charge in [0.05, 0.1) is 12.1 Å². The van der Waals surface area contributed by atoms with Gasteiger partial charge < -0.3 is 19.7 Å². The molecular weight excluding hydrogens is 615 g/mol. The van der Waals surface area contributed by atoms with Crippen LogP contribution in [0, 0.1) is 0 Å². The highest BCUT2D eigenvalue weighted by molar-refractivity contribution is 7.21. The summed E-state index contributed by atoms with van der Waals surface area (Å²) in [6.45, 7) is 5.94. The average Bonchev–Trinajstić information content (AvgIpc) is 3.36. The number of thiophene rings is 1. The maximum absolute atomic E-state index is 14.0. The van der Waals surface area contributed by atoms with Crippen LogP contribution in [0.3, 0.4) is 0 Å². The van der Waals surface area contributed by atoms with Crippen molar-refractivity contribution in [2.24, 2.45) is 0 Å². The van der Waals surface area contributed by atoms with Crippen molar-refractivity contribution in [3.05, 3.63) is 87.2 Å². The van der Waals surface area contributed by atoms with Gasteiger partial charge in [-0.3, -0.25) is 4.79 Å². The Balaban J connectivity index is 0.000000429. The Hall–Kier alpha value is -3.26. The summed E-state index contributed by atoms with van der Waals surface area (Å²) in [5, 5.41) is 4.56. The first kappa shape index (κ1) is 33.6. The molecule has 5 rings (SSSR count). The largest absolute Gasteiger partial charge is 0.496 e.